The first kappa shape index (κ1) is 14.8. The maximum Gasteiger partial charge on any atom is 0.219 e. The molecule has 0 aliphatic carbocycles. The summed E-state index contributed by atoms with van der Waals surface area (Å²) in [6.45, 7) is 9.48. The van der Waals surface area contributed by atoms with Gasteiger partial charge < -0.3 is 15.0 Å². The minimum absolute atomic E-state index is 0.218. The largest absolute Gasteiger partial charge is 0.379 e. The lowest BCUT2D eigenvalue weighted by Gasteiger charge is -2.35. The van der Waals surface area contributed by atoms with E-state index in [9.17, 15) is 4.79 Å². The predicted molar refractivity (Wildman–Crippen MR) is 75.2 cm³/mol. The number of carbonyl (C=O) groups is 1. The quantitative estimate of drug-likeness (QED) is 0.780. The first-order valence-electron chi connectivity index (χ1n) is 7.55. The van der Waals surface area contributed by atoms with E-state index < -0.39 is 0 Å². The summed E-state index contributed by atoms with van der Waals surface area (Å²) < 4.78 is 5.35. The summed E-state index contributed by atoms with van der Waals surface area (Å²) in [7, 11) is 0. The third kappa shape index (κ3) is 4.75. The number of piperidine rings is 1. The van der Waals surface area contributed by atoms with E-state index in [2.05, 4.69) is 15.1 Å². The Bertz CT molecular complexity index is 274. The molecular formula is C14H27N3O2. The van der Waals surface area contributed by atoms with E-state index >= 15 is 0 Å². The SMILES string of the molecule is CC(=O)N(CCCN1CCOCC1)C1CCCNC1. The molecule has 0 aromatic rings. The molecule has 5 nitrogen and oxygen atoms in total. The molecule has 0 saturated carbocycles. The average Bonchev–Trinajstić information content (AvgIpc) is 2.45. The lowest BCUT2D eigenvalue weighted by atomic mass is 10.1. The molecule has 2 saturated heterocycles. The molecule has 2 fully saturated rings. The van der Waals surface area contributed by atoms with Crippen molar-refractivity contribution in [1.29, 1.82) is 0 Å². The molecule has 0 spiro atoms. The molecule has 0 aromatic heterocycles. The van der Waals surface area contributed by atoms with E-state index in [1.165, 1.54) is 6.42 Å². The van der Waals surface area contributed by atoms with Crippen molar-refractivity contribution in [2.75, 3.05) is 52.5 Å². The van der Waals surface area contributed by atoms with Gasteiger partial charge in [0, 0.05) is 45.7 Å². The molecule has 19 heavy (non-hydrogen) atoms. The predicted octanol–water partition coefficient (Wildman–Crippen LogP) is 0.309. The maximum absolute atomic E-state index is 11.8. The average molecular weight is 269 g/mol. The lowest BCUT2D eigenvalue weighted by Crippen LogP contribution is -2.49. The number of nitrogens with zero attached hydrogens (tertiary/aromatic N) is 2. The Morgan fingerprint density at radius 3 is 2.84 bits per heavy atom. The van der Waals surface area contributed by atoms with Crippen molar-refractivity contribution in [3.8, 4) is 0 Å². The number of carbonyl (C=O) groups excluding carboxylic acids is 1. The minimum Gasteiger partial charge on any atom is -0.379 e. The van der Waals surface area contributed by atoms with Gasteiger partial charge in [0.15, 0.2) is 0 Å². The van der Waals surface area contributed by atoms with E-state index in [0.717, 1.165) is 65.3 Å². The highest BCUT2D eigenvalue weighted by Crippen LogP contribution is 2.11. The van der Waals surface area contributed by atoms with Crippen molar-refractivity contribution in [3.05, 3.63) is 0 Å². The summed E-state index contributed by atoms with van der Waals surface area (Å²) in [4.78, 5) is 16.3. The second-order valence-electron chi connectivity index (χ2n) is 5.52. The van der Waals surface area contributed by atoms with Crippen LogP contribution in [-0.2, 0) is 9.53 Å². The van der Waals surface area contributed by atoms with E-state index in [1.54, 1.807) is 6.92 Å². The minimum atomic E-state index is 0.218. The molecule has 0 aromatic carbocycles. The Balaban J connectivity index is 1.71. The van der Waals surface area contributed by atoms with Gasteiger partial charge in [-0.3, -0.25) is 9.69 Å². The van der Waals surface area contributed by atoms with Crippen molar-refractivity contribution >= 4 is 5.91 Å². The normalized spacial score (nSPS) is 25.2. The van der Waals surface area contributed by atoms with Gasteiger partial charge in [-0.2, -0.15) is 0 Å². The van der Waals surface area contributed by atoms with Crippen LogP contribution in [0, 0.1) is 0 Å². The maximum atomic E-state index is 11.8. The summed E-state index contributed by atoms with van der Waals surface area (Å²) in [6.07, 6.45) is 3.39. The monoisotopic (exact) mass is 269 g/mol. The molecule has 0 radical (unpaired) electrons. The zero-order valence-electron chi connectivity index (χ0n) is 12.1. The van der Waals surface area contributed by atoms with Crippen LogP contribution in [0.4, 0.5) is 0 Å². The van der Waals surface area contributed by atoms with Crippen LogP contribution in [0.5, 0.6) is 0 Å². The van der Waals surface area contributed by atoms with Gasteiger partial charge in [-0.25, -0.2) is 0 Å². The Morgan fingerprint density at radius 2 is 2.21 bits per heavy atom. The molecule has 2 aliphatic heterocycles. The third-order valence-corrected chi connectivity index (χ3v) is 4.09. The molecule has 110 valence electrons. The van der Waals surface area contributed by atoms with Crippen LogP contribution in [0.25, 0.3) is 0 Å². The number of morpholine rings is 1. The van der Waals surface area contributed by atoms with E-state index in [0.29, 0.717) is 6.04 Å². The van der Waals surface area contributed by atoms with E-state index in [4.69, 9.17) is 4.74 Å². The smallest absolute Gasteiger partial charge is 0.219 e. The van der Waals surface area contributed by atoms with E-state index in [1.807, 2.05) is 0 Å². The highest BCUT2D eigenvalue weighted by molar-refractivity contribution is 5.73. The summed E-state index contributed by atoms with van der Waals surface area (Å²) in [5, 5.41) is 3.39. The number of nitrogens with one attached hydrogen (secondary N) is 1. The summed E-state index contributed by atoms with van der Waals surface area (Å²) in [6, 6.07) is 0.399. The Labute approximate surface area is 116 Å². The summed E-state index contributed by atoms with van der Waals surface area (Å²) >= 11 is 0. The fourth-order valence-corrected chi connectivity index (χ4v) is 2.99. The molecule has 2 aliphatic rings. The molecule has 1 unspecified atom stereocenters. The van der Waals surface area contributed by atoms with Gasteiger partial charge in [-0.15, -0.1) is 0 Å². The molecule has 1 amide bonds. The van der Waals surface area contributed by atoms with Crippen LogP contribution in [0.15, 0.2) is 0 Å². The Hall–Kier alpha value is -0.650. The zero-order chi connectivity index (χ0) is 13.5. The Kier molecular flexibility index (Phi) is 6.07. The number of ether oxygens (including phenoxy) is 1. The van der Waals surface area contributed by atoms with Crippen LogP contribution in [0.1, 0.15) is 26.2 Å². The van der Waals surface area contributed by atoms with Gasteiger partial charge in [0.25, 0.3) is 0 Å². The standard InChI is InChI=1S/C14H27N3O2/c1-13(18)17(14-4-2-5-15-12-14)7-3-6-16-8-10-19-11-9-16/h14-15H,2-12H2,1H3. The number of hydrogen-bond acceptors (Lipinski definition) is 4. The first-order valence-corrected chi connectivity index (χ1v) is 7.55. The van der Waals surface area contributed by atoms with Crippen molar-refractivity contribution in [2.45, 2.75) is 32.2 Å². The van der Waals surface area contributed by atoms with Gasteiger partial charge in [0.1, 0.15) is 0 Å². The second-order valence-corrected chi connectivity index (χ2v) is 5.52. The number of rotatable bonds is 5. The highest BCUT2D eigenvalue weighted by atomic mass is 16.5. The molecule has 2 heterocycles. The number of amides is 1. The van der Waals surface area contributed by atoms with Gasteiger partial charge in [0.2, 0.25) is 5.91 Å². The van der Waals surface area contributed by atoms with Gasteiger partial charge in [-0.1, -0.05) is 0 Å². The molecule has 2 rings (SSSR count). The fraction of sp³-hybridized carbons (Fsp3) is 0.929. The molecular weight excluding hydrogens is 242 g/mol. The van der Waals surface area contributed by atoms with Crippen LogP contribution in [-0.4, -0.2) is 74.2 Å². The van der Waals surface area contributed by atoms with Gasteiger partial charge >= 0.3 is 0 Å². The first-order chi connectivity index (χ1) is 9.27. The van der Waals surface area contributed by atoms with E-state index in [-0.39, 0.29) is 5.91 Å². The summed E-state index contributed by atoms with van der Waals surface area (Å²) in [5.41, 5.74) is 0. The van der Waals surface area contributed by atoms with Gasteiger partial charge in [-0.05, 0) is 25.8 Å². The van der Waals surface area contributed by atoms with Crippen molar-refractivity contribution in [3.63, 3.8) is 0 Å². The number of hydrogen-bond donors (Lipinski definition) is 1. The van der Waals surface area contributed by atoms with Crippen LogP contribution < -0.4 is 5.32 Å². The molecule has 5 heteroatoms. The van der Waals surface area contributed by atoms with Crippen molar-refractivity contribution < 1.29 is 9.53 Å². The zero-order valence-corrected chi connectivity index (χ0v) is 12.1. The van der Waals surface area contributed by atoms with Gasteiger partial charge in [0.05, 0.1) is 13.2 Å². The Morgan fingerprint density at radius 1 is 1.42 bits per heavy atom. The topological polar surface area (TPSA) is 44.8 Å². The highest BCUT2D eigenvalue weighted by Gasteiger charge is 2.22. The molecule has 0 bridgehead atoms. The fourth-order valence-electron chi connectivity index (χ4n) is 2.99. The lowest BCUT2D eigenvalue weighted by molar-refractivity contribution is -0.131. The third-order valence-electron chi connectivity index (χ3n) is 4.09. The van der Waals surface area contributed by atoms with Crippen LogP contribution >= 0.6 is 0 Å². The van der Waals surface area contributed by atoms with Crippen LogP contribution in [0.2, 0.25) is 0 Å². The molecule has 1 atom stereocenters. The second kappa shape index (κ2) is 7.82. The molecule has 1 N–H and O–H groups in total. The van der Waals surface area contributed by atoms with Crippen molar-refractivity contribution in [1.82, 2.24) is 15.1 Å². The summed E-state index contributed by atoms with van der Waals surface area (Å²) in [5.74, 6) is 0.218. The van der Waals surface area contributed by atoms with Crippen LogP contribution in [0.3, 0.4) is 0 Å². The van der Waals surface area contributed by atoms with Crippen molar-refractivity contribution in [2.24, 2.45) is 0 Å².